The van der Waals surface area contributed by atoms with Crippen molar-refractivity contribution in [2.45, 2.75) is 33.2 Å². The van der Waals surface area contributed by atoms with E-state index in [1.165, 1.54) is 5.56 Å². The number of aromatic nitrogens is 1. The molecule has 0 fully saturated rings. The predicted molar refractivity (Wildman–Crippen MR) is 89.9 cm³/mol. The summed E-state index contributed by atoms with van der Waals surface area (Å²) in [5.41, 5.74) is 2.24. The first-order valence-electron chi connectivity index (χ1n) is 7.24. The van der Waals surface area contributed by atoms with Crippen molar-refractivity contribution in [1.82, 2.24) is 10.3 Å². The Bertz CT molecular complexity index is 599. The summed E-state index contributed by atoms with van der Waals surface area (Å²) in [7, 11) is 0. The number of nitrogens with zero attached hydrogens (tertiary/aromatic N) is 1. The molecule has 0 amide bonds. The summed E-state index contributed by atoms with van der Waals surface area (Å²) in [5.74, 6) is 1.79. The fourth-order valence-electron chi connectivity index (χ4n) is 1.94. The van der Waals surface area contributed by atoms with Crippen molar-refractivity contribution in [1.29, 1.82) is 0 Å². The maximum atomic E-state index is 5.93. The lowest BCUT2D eigenvalue weighted by Crippen LogP contribution is -2.12. The summed E-state index contributed by atoms with van der Waals surface area (Å²) in [4.78, 5) is 4.61. The van der Waals surface area contributed by atoms with Gasteiger partial charge in [-0.15, -0.1) is 0 Å². The predicted octanol–water partition coefficient (Wildman–Crippen LogP) is 4.87. The minimum Gasteiger partial charge on any atom is -0.438 e. The molecule has 0 saturated heterocycles. The monoisotopic (exact) mass is 348 g/mol. The summed E-state index contributed by atoms with van der Waals surface area (Å²) in [6.07, 6.45) is 0. The van der Waals surface area contributed by atoms with Crippen molar-refractivity contribution >= 4 is 15.9 Å². The van der Waals surface area contributed by atoms with Gasteiger partial charge in [-0.3, -0.25) is 0 Å². The molecule has 4 heteroatoms. The van der Waals surface area contributed by atoms with Crippen molar-refractivity contribution < 1.29 is 4.74 Å². The molecule has 0 aliphatic carbocycles. The van der Waals surface area contributed by atoms with Gasteiger partial charge in [-0.1, -0.05) is 32.9 Å². The quantitative estimate of drug-likeness (QED) is 0.808. The van der Waals surface area contributed by atoms with E-state index in [1.54, 1.807) is 0 Å². The molecule has 0 aliphatic heterocycles. The third-order valence-electron chi connectivity index (χ3n) is 3.10. The Kier molecular flexibility index (Phi) is 5.76. The summed E-state index contributed by atoms with van der Waals surface area (Å²) in [6, 6.07) is 11.9. The average molecular weight is 349 g/mol. The Hall–Kier alpha value is -1.39. The van der Waals surface area contributed by atoms with Crippen LogP contribution >= 0.6 is 15.9 Å². The van der Waals surface area contributed by atoms with Crippen LogP contribution in [0, 0.1) is 0 Å². The first-order chi connectivity index (χ1) is 10.1. The molecule has 0 radical (unpaired) electrons. The van der Waals surface area contributed by atoms with E-state index in [4.69, 9.17) is 4.74 Å². The van der Waals surface area contributed by atoms with E-state index in [1.807, 2.05) is 30.3 Å². The number of para-hydroxylation sites is 1. The van der Waals surface area contributed by atoms with E-state index < -0.39 is 0 Å². The largest absolute Gasteiger partial charge is 0.438 e. The Labute approximate surface area is 134 Å². The highest BCUT2D eigenvalue weighted by Crippen LogP contribution is 2.29. The molecule has 0 unspecified atom stereocenters. The fourth-order valence-corrected chi connectivity index (χ4v) is 2.31. The second kappa shape index (κ2) is 7.57. The number of benzene rings is 1. The molecule has 0 saturated carbocycles. The SMILES string of the molecule is CCNCc1cc(Oc2ccccc2Br)nc(C(C)C)c1. The van der Waals surface area contributed by atoms with Gasteiger partial charge >= 0.3 is 0 Å². The van der Waals surface area contributed by atoms with Crippen LogP contribution in [0.3, 0.4) is 0 Å². The van der Waals surface area contributed by atoms with Crippen molar-refractivity contribution in [3.8, 4) is 11.6 Å². The molecule has 21 heavy (non-hydrogen) atoms. The van der Waals surface area contributed by atoms with Gasteiger partial charge in [0.1, 0.15) is 5.75 Å². The minimum absolute atomic E-state index is 0.369. The number of halogens is 1. The topological polar surface area (TPSA) is 34.1 Å². The molecule has 1 N–H and O–H groups in total. The molecule has 0 spiro atoms. The van der Waals surface area contributed by atoms with E-state index in [0.29, 0.717) is 11.8 Å². The number of pyridine rings is 1. The summed E-state index contributed by atoms with van der Waals surface area (Å²) < 4.78 is 6.86. The van der Waals surface area contributed by atoms with Gasteiger partial charge in [-0.05, 0) is 52.2 Å². The maximum absolute atomic E-state index is 5.93. The molecule has 1 heterocycles. The van der Waals surface area contributed by atoms with E-state index in [0.717, 1.165) is 29.0 Å². The first kappa shape index (κ1) is 16.0. The van der Waals surface area contributed by atoms with E-state index in [2.05, 4.69) is 53.1 Å². The highest BCUT2D eigenvalue weighted by molar-refractivity contribution is 9.10. The Morgan fingerprint density at radius 3 is 2.67 bits per heavy atom. The lowest BCUT2D eigenvalue weighted by atomic mass is 10.1. The van der Waals surface area contributed by atoms with Gasteiger partial charge in [0.2, 0.25) is 5.88 Å². The number of hydrogen-bond acceptors (Lipinski definition) is 3. The molecular formula is C17H21BrN2O. The summed E-state index contributed by atoms with van der Waals surface area (Å²) in [5, 5.41) is 3.34. The van der Waals surface area contributed by atoms with Crippen LogP contribution in [-0.2, 0) is 6.54 Å². The van der Waals surface area contributed by atoms with Crippen LogP contribution in [-0.4, -0.2) is 11.5 Å². The van der Waals surface area contributed by atoms with Gasteiger partial charge in [0, 0.05) is 18.3 Å². The van der Waals surface area contributed by atoms with Crippen LogP contribution in [0.5, 0.6) is 11.6 Å². The fraction of sp³-hybridized carbons (Fsp3) is 0.353. The molecule has 2 rings (SSSR count). The van der Waals surface area contributed by atoms with Crippen molar-refractivity contribution in [3.63, 3.8) is 0 Å². The Morgan fingerprint density at radius 2 is 2.00 bits per heavy atom. The van der Waals surface area contributed by atoms with Crippen LogP contribution < -0.4 is 10.1 Å². The van der Waals surface area contributed by atoms with Crippen LogP contribution in [0.15, 0.2) is 40.9 Å². The number of hydrogen-bond donors (Lipinski definition) is 1. The molecule has 112 valence electrons. The second-order valence-electron chi connectivity index (χ2n) is 5.21. The minimum atomic E-state index is 0.369. The highest BCUT2D eigenvalue weighted by Gasteiger charge is 2.09. The molecule has 0 bridgehead atoms. The number of rotatable bonds is 6. The molecule has 1 aromatic heterocycles. The number of nitrogens with one attached hydrogen (secondary N) is 1. The first-order valence-corrected chi connectivity index (χ1v) is 8.03. The normalized spacial score (nSPS) is 10.9. The van der Waals surface area contributed by atoms with E-state index in [-0.39, 0.29) is 0 Å². The molecule has 0 aliphatic rings. The average Bonchev–Trinajstić information content (AvgIpc) is 2.47. The molecule has 3 nitrogen and oxygen atoms in total. The molecule has 0 atom stereocenters. The van der Waals surface area contributed by atoms with Gasteiger partial charge in [0.25, 0.3) is 0 Å². The smallest absolute Gasteiger partial charge is 0.219 e. The van der Waals surface area contributed by atoms with Crippen LogP contribution in [0.4, 0.5) is 0 Å². The zero-order valence-corrected chi connectivity index (χ0v) is 14.3. The van der Waals surface area contributed by atoms with Crippen LogP contribution in [0.1, 0.15) is 37.9 Å². The van der Waals surface area contributed by atoms with Crippen LogP contribution in [0.2, 0.25) is 0 Å². The summed E-state index contributed by atoms with van der Waals surface area (Å²) >= 11 is 3.50. The Morgan fingerprint density at radius 1 is 1.24 bits per heavy atom. The van der Waals surface area contributed by atoms with Gasteiger partial charge in [0.15, 0.2) is 0 Å². The van der Waals surface area contributed by atoms with Crippen LogP contribution in [0.25, 0.3) is 0 Å². The zero-order valence-electron chi connectivity index (χ0n) is 12.7. The number of ether oxygens (including phenoxy) is 1. The van der Waals surface area contributed by atoms with Crippen molar-refractivity contribution in [2.75, 3.05) is 6.54 Å². The van der Waals surface area contributed by atoms with Crippen molar-refractivity contribution in [3.05, 3.63) is 52.1 Å². The van der Waals surface area contributed by atoms with Gasteiger partial charge in [-0.2, -0.15) is 0 Å². The maximum Gasteiger partial charge on any atom is 0.219 e. The second-order valence-corrected chi connectivity index (χ2v) is 6.06. The highest BCUT2D eigenvalue weighted by atomic mass is 79.9. The van der Waals surface area contributed by atoms with Gasteiger partial charge in [0.05, 0.1) is 4.47 Å². The zero-order chi connectivity index (χ0) is 15.2. The third kappa shape index (κ3) is 4.55. The standard InChI is InChI=1S/C17H21BrN2O/c1-4-19-11-13-9-15(12(2)3)20-17(10-13)21-16-8-6-5-7-14(16)18/h5-10,12,19H,4,11H2,1-3H3. The van der Waals surface area contributed by atoms with E-state index in [9.17, 15) is 0 Å². The molecular weight excluding hydrogens is 328 g/mol. The third-order valence-corrected chi connectivity index (χ3v) is 3.76. The van der Waals surface area contributed by atoms with Gasteiger partial charge < -0.3 is 10.1 Å². The molecule has 1 aromatic carbocycles. The van der Waals surface area contributed by atoms with E-state index >= 15 is 0 Å². The van der Waals surface area contributed by atoms with Gasteiger partial charge in [-0.25, -0.2) is 4.98 Å². The van der Waals surface area contributed by atoms with Crippen molar-refractivity contribution in [2.24, 2.45) is 0 Å². The molecule has 2 aromatic rings. The lowest BCUT2D eigenvalue weighted by Gasteiger charge is -2.13. The summed E-state index contributed by atoms with van der Waals surface area (Å²) in [6.45, 7) is 8.15. The lowest BCUT2D eigenvalue weighted by molar-refractivity contribution is 0.455. The Balaban J connectivity index is 2.29.